The number of halogens is 1. The van der Waals surface area contributed by atoms with Crippen LogP contribution in [0.4, 0.5) is 9.52 Å². The Balaban J connectivity index is 1.83. The second kappa shape index (κ2) is 7.33. The van der Waals surface area contributed by atoms with Gasteiger partial charge in [-0.1, -0.05) is 11.2 Å². The van der Waals surface area contributed by atoms with E-state index in [1.54, 1.807) is 0 Å². The number of hydrogen-bond acceptors (Lipinski definition) is 9. The number of thiazole rings is 1. The number of carboxylic acids is 1. The number of nitrogen functional groups attached to an aromatic ring is 1. The molecule has 0 spiro atoms. The predicted molar refractivity (Wildman–Crippen MR) is 93.9 cm³/mol. The molecule has 1 aromatic heterocycles. The summed E-state index contributed by atoms with van der Waals surface area (Å²) >= 11 is 1.07. The van der Waals surface area contributed by atoms with Gasteiger partial charge >= 0.3 is 13.1 Å². The van der Waals surface area contributed by atoms with Gasteiger partial charge in [0.15, 0.2) is 16.6 Å². The summed E-state index contributed by atoms with van der Waals surface area (Å²) in [6, 6.07) is 2.32. The van der Waals surface area contributed by atoms with Gasteiger partial charge in [0.05, 0.1) is 0 Å². The van der Waals surface area contributed by atoms with Crippen LogP contribution in [0.15, 0.2) is 22.7 Å². The quantitative estimate of drug-likeness (QED) is 0.255. The van der Waals surface area contributed by atoms with Gasteiger partial charge in [-0.25, -0.2) is 14.2 Å². The molecule has 1 atom stereocenters. The van der Waals surface area contributed by atoms with Crippen LogP contribution in [0.25, 0.3) is 0 Å². The molecule has 27 heavy (non-hydrogen) atoms. The summed E-state index contributed by atoms with van der Waals surface area (Å²) in [5.41, 5.74) is 4.96. The molecule has 0 unspecified atom stereocenters. The first-order chi connectivity index (χ1) is 12.8. The third-order valence-corrected chi connectivity index (χ3v) is 4.78. The highest BCUT2D eigenvalue weighted by Gasteiger charge is 2.39. The molecule has 3 rings (SSSR count). The molecule has 2 aromatic rings. The number of aromatic carboxylic acids is 1. The van der Waals surface area contributed by atoms with Crippen molar-refractivity contribution in [2.24, 2.45) is 5.16 Å². The van der Waals surface area contributed by atoms with Crippen LogP contribution in [0, 0.1) is 5.82 Å². The monoisotopic (exact) mass is 393 g/mol. The first kappa shape index (κ1) is 18.8. The van der Waals surface area contributed by atoms with Gasteiger partial charge in [-0.2, -0.15) is 0 Å². The Morgan fingerprint density at radius 1 is 1.48 bits per heavy atom. The number of anilines is 1. The minimum atomic E-state index is -1.54. The number of hydrogen-bond donors (Lipinski definition) is 4. The number of oxime groups is 1. The van der Waals surface area contributed by atoms with Gasteiger partial charge in [-0.05, 0) is 18.1 Å². The van der Waals surface area contributed by atoms with Crippen molar-refractivity contribution >= 4 is 41.1 Å². The van der Waals surface area contributed by atoms with Crippen molar-refractivity contribution in [3.8, 4) is 5.75 Å². The number of carbonyl (C=O) groups excluding carboxylic acids is 1. The fraction of sp³-hybridized carbons (Fsp3) is 0.200. The molecule has 0 radical (unpaired) electrons. The molecule has 12 heteroatoms. The third kappa shape index (κ3) is 3.62. The summed E-state index contributed by atoms with van der Waals surface area (Å²) in [4.78, 5) is 27.6. The number of nitrogens with zero attached hydrogens (tertiary/aromatic N) is 2. The third-order valence-electron chi connectivity index (χ3n) is 4.10. The maximum absolute atomic E-state index is 13.7. The van der Waals surface area contributed by atoms with Gasteiger partial charge in [0.25, 0.3) is 0 Å². The highest BCUT2D eigenvalue weighted by molar-refractivity contribution is 7.13. The average molecular weight is 393 g/mol. The lowest BCUT2D eigenvalue weighted by molar-refractivity contribution is -0.113. The van der Waals surface area contributed by atoms with Gasteiger partial charge < -0.3 is 25.7 Å². The van der Waals surface area contributed by atoms with Gasteiger partial charge in [0, 0.05) is 17.6 Å². The van der Waals surface area contributed by atoms with Crippen LogP contribution in [0.5, 0.6) is 5.75 Å². The average Bonchev–Trinajstić information content (AvgIpc) is 3.02. The summed E-state index contributed by atoms with van der Waals surface area (Å²) < 4.78 is 18.9. The minimum Gasteiger partial charge on any atom is -0.535 e. The number of rotatable bonds is 5. The van der Waals surface area contributed by atoms with Gasteiger partial charge in [0.2, 0.25) is 0 Å². The number of carboxylic acid groups (broad SMARTS) is 1. The van der Waals surface area contributed by atoms with Crippen LogP contribution in [0.3, 0.4) is 0 Å². The van der Waals surface area contributed by atoms with Crippen molar-refractivity contribution in [1.29, 1.82) is 0 Å². The zero-order valence-electron chi connectivity index (χ0n) is 13.6. The molecule has 0 fully saturated rings. The van der Waals surface area contributed by atoms with Crippen molar-refractivity contribution in [2.75, 3.05) is 5.73 Å². The first-order valence-corrected chi connectivity index (χ1v) is 8.55. The minimum absolute atomic E-state index is 0.0702. The fourth-order valence-electron chi connectivity index (χ4n) is 2.85. The summed E-state index contributed by atoms with van der Waals surface area (Å²) in [7, 11) is -1.54. The molecule has 140 valence electrons. The highest BCUT2D eigenvalue weighted by atomic mass is 32.1. The maximum Gasteiger partial charge on any atom is 0.526 e. The van der Waals surface area contributed by atoms with Crippen LogP contribution in [-0.2, 0) is 11.2 Å². The molecule has 0 aliphatic carbocycles. The van der Waals surface area contributed by atoms with E-state index >= 15 is 0 Å². The SMILES string of the molecule is Nc1nc(/C(=N/O)C(=O)C[C@H]2Cc3ccc(F)c(C(=O)O)c3OB2O)cs1. The number of nitrogens with two attached hydrogens (primary N) is 1. The first-order valence-electron chi connectivity index (χ1n) is 7.67. The molecule has 9 nitrogen and oxygen atoms in total. The number of benzene rings is 1. The van der Waals surface area contributed by atoms with Crippen LogP contribution >= 0.6 is 11.3 Å². The van der Waals surface area contributed by atoms with Crippen molar-refractivity contribution in [3.63, 3.8) is 0 Å². The lowest BCUT2D eigenvalue weighted by Crippen LogP contribution is -2.37. The number of fused-ring (bicyclic) bond motifs is 1. The summed E-state index contributed by atoms with van der Waals surface area (Å²) in [5.74, 6) is -4.15. The number of Topliss-reactive ketones (excluding diaryl/α,β-unsaturated/α-hetero) is 1. The van der Waals surface area contributed by atoms with E-state index < -0.39 is 36.1 Å². The lowest BCUT2D eigenvalue weighted by Gasteiger charge is -2.28. The van der Waals surface area contributed by atoms with E-state index in [9.17, 15) is 19.0 Å². The van der Waals surface area contributed by atoms with Crippen LogP contribution in [0.1, 0.15) is 28.0 Å². The van der Waals surface area contributed by atoms with Crippen molar-refractivity contribution in [2.45, 2.75) is 18.7 Å². The lowest BCUT2D eigenvalue weighted by atomic mass is 9.64. The zero-order chi connectivity index (χ0) is 19.7. The van der Waals surface area contributed by atoms with E-state index in [4.69, 9.17) is 20.7 Å². The largest absolute Gasteiger partial charge is 0.535 e. The predicted octanol–water partition coefficient (Wildman–Crippen LogP) is 1.19. The van der Waals surface area contributed by atoms with Crippen molar-refractivity contribution in [1.82, 2.24) is 4.98 Å². The summed E-state index contributed by atoms with van der Waals surface area (Å²) in [6.45, 7) is 0. The Hall–Kier alpha value is -2.99. The van der Waals surface area contributed by atoms with Crippen LogP contribution in [-0.4, -0.2) is 44.9 Å². The molecule has 1 aliphatic heterocycles. The Bertz CT molecular complexity index is 950. The normalized spacial score (nSPS) is 16.6. The van der Waals surface area contributed by atoms with Crippen LogP contribution in [0.2, 0.25) is 5.82 Å². The molecule has 5 N–H and O–H groups in total. The maximum atomic E-state index is 13.7. The fourth-order valence-corrected chi connectivity index (χ4v) is 3.40. The van der Waals surface area contributed by atoms with E-state index in [1.165, 1.54) is 11.4 Å². The van der Waals surface area contributed by atoms with E-state index in [0.29, 0.717) is 5.56 Å². The van der Waals surface area contributed by atoms with E-state index in [2.05, 4.69) is 10.1 Å². The molecule has 0 saturated heterocycles. The Morgan fingerprint density at radius 2 is 2.22 bits per heavy atom. The van der Waals surface area contributed by atoms with Crippen molar-refractivity contribution < 1.29 is 34.0 Å². The highest BCUT2D eigenvalue weighted by Crippen LogP contribution is 2.37. The molecule has 1 aliphatic rings. The second-order valence-electron chi connectivity index (χ2n) is 5.84. The summed E-state index contributed by atoms with van der Waals surface area (Å²) in [6.07, 6.45) is -0.197. The van der Waals surface area contributed by atoms with Gasteiger partial charge in [0.1, 0.15) is 22.8 Å². The number of carbonyl (C=O) groups is 2. The van der Waals surface area contributed by atoms with Crippen molar-refractivity contribution in [3.05, 3.63) is 40.2 Å². The zero-order valence-corrected chi connectivity index (χ0v) is 14.4. The number of aromatic nitrogens is 1. The molecule has 2 heterocycles. The molecule has 0 amide bonds. The van der Waals surface area contributed by atoms with E-state index in [1.807, 2.05) is 0 Å². The molecular weight excluding hydrogens is 380 g/mol. The smallest absolute Gasteiger partial charge is 0.526 e. The Labute approximate surface area is 156 Å². The topological polar surface area (TPSA) is 155 Å². The van der Waals surface area contributed by atoms with Crippen LogP contribution < -0.4 is 10.4 Å². The Kier molecular flexibility index (Phi) is 5.10. The second-order valence-corrected chi connectivity index (χ2v) is 6.72. The Morgan fingerprint density at radius 3 is 2.81 bits per heavy atom. The van der Waals surface area contributed by atoms with E-state index in [-0.39, 0.29) is 35.1 Å². The molecule has 1 aromatic carbocycles. The molecule has 0 saturated carbocycles. The standard InChI is InChI=1S/C15H13BFN3O6S/c17-8-2-1-6-3-7(16(24)26-13(6)11(8)14(22)23)4-10(21)12(20-25)9-5-27-15(18)19-9/h1-2,5,7,24-25H,3-4H2,(H2,18,19)(H,22,23)/b20-12-/t7-/m1/s1. The van der Waals surface area contributed by atoms with Gasteiger partial charge in [-0.15, -0.1) is 11.3 Å². The molecular formula is C15H13BFN3O6S. The molecule has 0 bridgehead atoms. The van der Waals surface area contributed by atoms with Gasteiger partial charge in [-0.3, -0.25) is 4.79 Å². The number of ketones is 1. The van der Waals surface area contributed by atoms with E-state index in [0.717, 1.165) is 17.4 Å². The summed E-state index contributed by atoms with van der Waals surface area (Å²) in [5, 5.41) is 33.0.